The van der Waals surface area contributed by atoms with Gasteiger partial charge < -0.3 is 0 Å². The molecule has 0 saturated heterocycles. The molecule has 102 valence electrons. The number of nitrogens with one attached hydrogen (secondary N) is 1. The fourth-order valence-corrected chi connectivity index (χ4v) is 3.89. The van der Waals surface area contributed by atoms with Crippen LogP contribution in [0.15, 0.2) is 12.1 Å². The van der Waals surface area contributed by atoms with E-state index in [2.05, 4.69) is 0 Å². The van der Waals surface area contributed by atoms with E-state index < -0.39 is 20.7 Å². The quantitative estimate of drug-likeness (QED) is 0.920. The second-order valence-corrected chi connectivity index (χ2v) is 8.01. The predicted molar refractivity (Wildman–Crippen MR) is 72.4 cm³/mol. The van der Waals surface area contributed by atoms with Crippen LogP contribution in [0.1, 0.15) is 47.2 Å². The van der Waals surface area contributed by atoms with E-state index >= 15 is 0 Å². The lowest BCUT2D eigenvalue weighted by molar-refractivity contribution is 0.0985. The number of amides is 1. The molecule has 1 aromatic heterocycles. The molecule has 1 N–H and O–H groups in total. The van der Waals surface area contributed by atoms with E-state index in [-0.39, 0.29) is 18.8 Å². The molecule has 1 amide bonds. The lowest BCUT2D eigenvalue weighted by Gasteiger charge is -2.08. The van der Waals surface area contributed by atoms with Gasteiger partial charge in [0.1, 0.15) is 0 Å². The molecule has 0 bridgehead atoms. The fourth-order valence-electron chi connectivity index (χ4n) is 1.61. The van der Waals surface area contributed by atoms with Gasteiger partial charge in [0.2, 0.25) is 0 Å². The van der Waals surface area contributed by atoms with Crippen molar-refractivity contribution in [3.63, 3.8) is 0 Å². The monoisotopic (exact) mass is 298 g/mol. The highest BCUT2D eigenvalue weighted by Crippen LogP contribution is 2.42. The van der Waals surface area contributed by atoms with Crippen molar-refractivity contribution >= 4 is 27.3 Å². The lowest BCUT2D eigenvalue weighted by atomic mass is 10.2. The number of sulfonamides is 1. The Labute approximate surface area is 116 Å². The molecular formula is C12H14N2O3S2. The Hall–Kier alpha value is -1.39. The van der Waals surface area contributed by atoms with Crippen LogP contribution in [0.3, 0.4) is 0 Å². The van der Waals surface area contributed by atoms with Gasteiger partial charge in [0.15, 0.2) is 4.75 Å². The Kier molecular flexibility index (Phi) is 3.41. The molecule has 19 heavy (non-hydrogen) atoms. The first kappa shape index (κ1) is 14.0. The highest BCUT2D eigenvalue weighted by Gasteiger charge is 2.56. The van der Waals surface area contributed by atoms with Crippen molar-refractivity contribution in [2.45, 2.75) is 37.4 Å². The molecule has 5 nitrogen and oxygen atoms in total. The molecule has 1 aliphatic carbocycles. The van der Waals surface area contributed by atoms with E-state index in [9.17, 15) is 13.2 Å². The van der Waals surface area contributed by atoms with Crippen molar-refractivity contribution in [2.75, 3.05) is 0 Å². The first-order valence-electron chi connectivity index (χ1n) is 5.89. The number of carbonyl (C=O) groups is 1. The Morgan fingerprint density at radius 3 is 2.53 bits per heavy atom. The molecule has 2 rings (SSSR count). The third kappa shape index (κ3) is 2.51. The Morgan fingerprint density at radius 2 is 2.11 bits per heavy atom. The zero-order valence-electron chi connectivity index (χ0n) is 10.6. The summed E-state index contributed by atoms with van der Waals surface area (Å²) in [7, 11) is -3.91. The average molecular weight is 298 g/mol. The SMILES string of the molecule is CC(C)c1ccc(C(=O)NS(=O)(=O)C2(C#N)CC2)s1. The summed E-state index contributed by atoms with van der Waals surface area (Å²) in [6, 6.07) is 5.20. The molecule has 1 fully saturated rings. The van der Waals surface area contributed by atoms with E-state index in [1.165, 1.54) is 11.3 Å². The number of nitrogens with zero attached hydrogens (tertiary/aromatic N) is 1. The molecule has 0 unspecified atom stereocenters. The number of rotatable bonds is 4. The maximum atomic E-state index is 11.9. The summed E-state index contributed by atoms with van der Waals surface area (Å²) in [5, 5.41) is 8.87. The van der Waals surface area contributed by atoms with Crippen molar-refractivity contribution in [1.82, 2.24) is 4.72 Å². The minimum atomic E-state index is -3.91. The number of hydrogen-bond acceptors (Lipinski definition) is 5. The second-order valence-electron chi connectivity index (χ2n) is 4.90. The molecule has 1 saturated carbocycles. The molecule has 0 aliphatic heterocycles. The van der Waals surface area contributed by atoms with Crippen LogP contribution in [0.25, 0.3) is 0 Å². The van der Waals surface area contributed by atoms with Gasteiger partial charge in [-0.2, -0.15) is 5.26 Å². The first-order chi connectivity index (χ1) is 8.81. The minimum absolute atomic E-state index is 0.286. The topological polar surface area (TPSA) is 87.0 Å². The van der Waals surface area contributed by atoms with Crippen LogP contribution >= 0.6 is 11.3 Å². The second kappa shape index (κ2) is 4.62. The summed E-state index contributed by atoms with van der Waals surface area (Å²) in [4.78, 5) is 13.3. The van der Waals surface area contributed by atoms with Crippen LogP contribution in [0.5, 0.6) is 0 Å². The summed E-state index contributed by atoms with van der Waals surface area (Å²) in [6.45, 7) is 4.00. The van der Waals surface area contributed by atoms with Crippen molar-refractivity contribution in [3.8, 4) is 6.07 Å². The average Bonchev–Trinajstić information content (AvgIpc) is 2.98. The maximum absolute atomic E-state index is 11.9. The van der Waals surface area contributed by atoms with Gasteiger partial charge in [0, 0.05) is 4.88 Å². The first-order valence-corrected chi connectivity index (χ1v) is 8.19. The van der Waals surface area contributed by atoms with Gasteiger partial charge in [-0.1, -0.05) is 13.8 Å². The van der Waals surface area contributed by atoms with Crippen molar-refractivity contribution in [1.29, 1.82) is 5.26 Å². The van der Waals surface area contributed by atoms with E-state index in [1.807, 2.05) is 24.6 Å². The van der Waals surface area contributed by atoms with Crippen LogP contribution in [-0.4, -0.2) is 19.1 Å². The molecule has 0 aromatic carbocycles. The van der Waals surface area contributed by atoms with Crippen LogP contribution < -0.4 is 4.72 Å². The Morgan fingerprint density at radius 1 is 1.47 bits per heavy atom. The summed E-state index contributed by atoms with van der Waals surface area (Å²) in [5.41, 5.74) is 0. The highest BCUT2D eigenvalue weighted by molar-refractivity contribution is 7.92. The van der Waals surface area contributed by atoms with E-state index in [4.69, 9.17) is 5.26 Å². The van der Waals surface area contributed by atoms with Gasteiger partial charge in [0.25, 0.3) is 15.9 Å². The van der Waals surface area contributed by atoms with Gasteiger partial charge >= 0.3 is 0 Å². The van der Waals surface area contributed by atoms with E-state index in [0.29, 0.717) is 4.88 Å². The molecule has 0 radical (unpaired) electrons. The van der Waals surface area contributed by atoms with E-state index in [0.717, 1.165) is 4.88 Å². The number of hydrogen-bond donors (Lipinski definition) is 1. The minimum Gasteiger partial charge on any atom is -0.267 e. The highest BCUT2D eigenvalue weighted by atomic mass is 32.2. The molecular weight excluding hydrogens is 284 g/mol. The maximum Gasteiger partial charge on any atom is 0.274 e. The zero-order chi connectivity index (χ0) is 14.3. The fraction of sp³-hybridized carbons (Fsp3) is 0.500. The number of nitriles is 1. The molecule has 1 heterocycles. The van der Waals surface area contributed by atoms with Crippen molar-refractivity contribution in [2.24, 2.45) is 0 Å². The lowest BCUT2D eigenvalue weighted by Crippen LogP contribution is -2.38. The van der Waals surface area contributed by atoms with Gasteiger partial charge in [-0.3, -0.25) is 4.79 Å². The zero-order valence-corrected chi connectivity index (χ0v) is 12.3. The molecule has 1 aliphatic rings. The summed E-state index contributed by atoms with van der Waals surface area (Å²) < 4.78 is 24.4. The van der Waals surface area contributed by atoms with Crippen LogP contribution in [0.2, 0.25) is 0 Å². The molecule has 0 spiro atoms. The third-order valence-electron chi connectivity index (χ3n) is 3.07. The van der Waals surface area contributed by atoms with Gasteiger partial charge in [-0.05, 0) is 30.9 Å². The normalized spacial score (nSPS) is 16.9. The summed E-state index contributed by atoms with van der Waals surface area (Å²) >= 11 is 1.27. The number of thiophene rings is 1. The molecule has 0 atom stereocenters. The van der Waals surface area contributed by atoms with Crippen LogP contribution in [0.4, 0.5) is 0 Å². The van der Waals surface area contributed by atoms with Gasteiger partial charge in [-0.25, -0.2) is 13.1 Å². The van der Waals surface area contributed by atoms with Gasteiger partial charge in [0.05, 0.1) is 10.9 Å². The van der Waals surface area contributed by atoms with Crippen LogP contribution in [0, 0.1) is 11.3 Å². The smallest absolute Gasteiger partial charge is 0.267 e. The molecule has 7 heteroatoms. The molecule has 1 aromatic rings. The van der Waals surface area contributed by atoms with Crippen molar-refractivity contribution < 1.29 is 13.2 Å². The van der Waals surface area contributed by atoms with Gasteiger partial charge in [-0.15, -0.1) is 11.3 Å². The standard InChI is InChI=1S/C12H14N2O3S2/c1-8(2)9-3-4-10(18-9)11(15)14-19(16,17)12(7-13)5-6-12/h3-4,8H,5-6H2,1-2H3,(H,14,15). The van der Waals surface area contributed by atoms with Crippen molar-refractivity contribution in [3.05, 3.63) is 21.9 Å². The Balaban J connectivity index is 2.16. The largest absolute Gasteiger partial charge is 0.274 e. The Bertz CT molecular complexity index is 649. The summed E-state index contributed by atoms with van der Waals surface area (Å²) in [5.74, 6) is -0.365. The third-order valence-corrected chi connectivity index (χ3v) is 6.44. The number of carbonyl (C=O) groups excluding carboxylic acids is 1. The van der Waals surface area contributed by atoms with E-state index in [1.54, 1.807) is 12.1 Å². The summed E-state index contributed by atoms with van der Waals surface area (Å²) in [6.07, 6.45) is 0.571. The predicted octanol–water partition coefficient (Wildman–Crippen LogP) is 1.99. The van der Waals surface area contributed by atoms with Crippen LogP contribution in [-0.2, 0) is 10.0 Å².